The first-order chi connectivity index (χ1) is 9.15. The monoisotopic (exact) mass is 259 g/mol. The maximum Gasteiger partial charge on any atom is 0.310 e. The Morgan fingerprint density at radius 1 is 1.16 bits per heavy atom. The number of halogens is 1. The lowest BCUT2D eigenvalue weighted by atomic mass is 10.1. The first-order valence-corrected chi connectivity index (χ1v) is 5.88. The van der Waals surface area contributed by atoms with Crippen LogP contribution < -0.4 is 5.73 Å². The second-order valence-corrected chi connectivity index (χ2v) is 4.17. The average molecular weight is 259 g/mol. The number of anilines is 1. The van der Waals surface area contributed by atoms with E-state index < -0.39 is 11.8 Å². The minimum atomic E-state index is -0.489. The van der Waals surface area contributed by atoms with Gasteiger partial charge in [0.25, 0.3) is 0 Å². The normalized spacial score (nSPS) is 10.2. The molecule has 0 saturated heterocycles. The Morgan fingerprint density at radius 2 is 1.89 bits per heavy atom. The van der Waals surface area contributed by atoms with Crippen LogP contribution in [0.3, 0.4) is 0 Å². The molecule has 0 aliphatic carbocycles. The number of hydrogen-bond donors (Lipinski definition) is 1. The molecule has 0 amide bonds. The molecule has 4 heteroatoms. The fraction of sp³-hybridized carbons (Fsp3) is 0.133. The SMILES string of the molecule is Nc1ccc(CC(=O)OCc2ccccc2)c(F)c1. The Kier molecular flexibility index (Phi) is 4.13. The van der Waals surface area contributed by atoms with E-state index in [4.69, 9.17) is 10.5 Å². The van der Waals surface area contributed by atoms with E-state index in [9.17, 15) is 9.18 Å². The Morgan fingerprint density at radius 3 is 2.58 bits per heavy atom. The molecule has 0 atom stereocenters. The van der Waals surface area contributed by atoms with Crippen molar-refractivity contribution in [2.24, 2.45) is 0 Å². The number of hydrogen-bond acceptors (Lipinski definition) is 3. The van der Waals surface area contributed by atoms with Crippen molar-refractivity contribution in [2.75, 3.05) is 5.73 Å². The maximum atomic E-state index is 13.5. The fourth-order valence-corrected chi connectivity index (χ4v) is 1.65. The second kappa shape index (κ2) is 6.00. The quantitative estimate of drug-likeness (QED) is 0.678. The van der Waals surface area contributed by atoms with Crippen molar-refractivity contribution in [1.82, 2.24) is 0 Å². The zero-order valence-electron chi connectivity index (χ0n) is 10.3. The van der Waals surface area contributed by atoms with Gasteiger partial charge < -0.3 is 10.5 Å². The Hall–Kier alpha value is -2.36. The molecule has 3 nitrogen and oxygen atoms in total. The fourth-order valence-electron chi connectivity index (χ4n) is 1.65. The molecule has 0 spiro atoms. The minimum absolute atomic E-state index is 0.0983. The minimum Gasteiger partial charge on any atom is -0.461 e. The third-order valence-corrected chi connectivity index (χ3v) is 2.65. The Balaban J connectivity index is 1.91. The Bertz CT molecular complexity index is 570. The summed E-state index contributed by atoms with van der Waals surface area (Å²) >= 11 is 0. The number of carbonyl (C=O) groups excluding carboxylic acids is 1. The van der Waals surface area contributed by atoms with Gasteiger partial charge in [-0.1, -0.05) is 36.4 Å². The van der Waals surface area contributed by atoms with Crippen LogP contribution in [0.15, 0.2) is 48.5 Å². The van der Waals surface area contributed by atoms with E-state index in [0.717, 1.165) is 5.56 Å². The number of rotatable bonds is 4. The van der Waals surface area contributed by atoms with Gasteiger partial charge in [-0.2, -0.15) is 0 Å². The van der Waals surface area contributed by atoms with Gasteiger partial charge in [0, 0.05) is 5.69 Å². The molecule has 98 valence electrons. The topological polar surface area (TPSA) is 52.3 Å². The predicted molar refractivity (Wildman–Crippen MR) is 70.8 cm³/mol. The molecule has 19 heavy (non-hydrogen) atoms. The summed E-state index contributed by atoms with van der Waals surface area (Å²) < 4.78 is 18.6. The molecular weight excluding hydrogens is 245 g/mol. The number of ether oxygens (including phenoxy) is 1. The second-order valence-electron chi connectivity index (χ2n) is 4.17. The van der Waals surface area contributed by atoms with Crippen molar-refractivity contribution >= 4 is 11.7 Å². The summed E-state index contributed by atoms with van der Waals surface area (Å²) in [5, 5.41) is 0. The van der Waals surface area contributed by atoms with E-state index in [-0.39, 0.29) is 18.6 Å². The molecular formula is C15H14FNO2. The molecule has 2 N–H and O–H groups in total. The number of carbonyl (C=O) groups is 1. The summed E-state index contributed by atoms with van der Waals surface area (Å²) in [6.07, 6.45) is -0.0983. The van der Waals surface area contributed by atoms with E-state index in [1.807, 2.05) is 30.3 Å². The summed E-state index contributed by atoms with van der Waals surface area (Å²) in [7, 11) is 0. The van der Waals surface area contributed by atoms with E-state index in [0.29, 0.717) is 5.69 Å². The third-order valence-electron chi connectivity index (χ3n) is 2.65. The van der Waals surface area contributed by atoms with Crippen LogP contribution in [-0.2, 0) is 22.6 Å². The first kappa shape index (κ1) is 13.1. The lowest BCUT2D eigenvalue weighted by molar-refractivity contribution is -0.144. The van der Waals surface area contributed by atoms with Crippen molar-refractivity contribution in [3.8, 4) is 0 Å². The average Bonchev–Trinajstić information content (AvgIpc) is 2.41. The molecule has 0 heterocycles. The van der Waals surface area contributed by atoms with Gasteiger partial charge >= 0.3 is 5.97 Å². The van der Waals surface area contributed by atoms with E-state index in [1.165, 1.54) is 12.1 Å². The molecule has 2 rings (SSSR count). The van der Waals surface area contributed by atoms with Crippen molar-refractivity contribution < 1.29 is 13.9 Å². The van der Waals surface area contributed by atoms with E-state index in [1.54, 1.807) is 6.07 Å². The van der Waals surface area contributed by atoms with Crippen LogP contribution in [0, 0.1) is 5.82 Å². The maximum absolute atomic E-state index is 13.5. The molecule has 0 fully saturated rings. The molecule has 2 aromatic rings. The van der Waals surface area contributed by atoms with Crippen molar-refractivity contribution in [3.63, 3.8) is 0 Å². The van der Waals surface area contributed by atoms with Crippen LogP contribution in [0.25, 0.3) is 0 Å². The number of nitrogen functional groups attached to an aromatic ring is 1. The third kappa shape index (κ3) is 3.81. The van der Waals surface area contributed by atoms with Crippen LogP contribution in [0.2, 0.25) is 0 Å². The van der Waals surface area contributed by atoms with Crippen LogP contribution in [0.1, 0.15) is 11.1 Å². The van der Waals surface area contributed by atoms with Crippen molar-refractivity contribution in [2.45, 2.75) is 13.0 Å². The molecule has 0 bridgehead atoms. The van der Waals surface area contributed by atoms with Crippen LogP contribution in [0.4, 0.5) is 10.1 Å². The number of benzene rings is 2. The Labute approximate surface area is 110 Å². The summed E-state index contributed by atoms with van der Waals surface area (Å²) in [6, 6.07) is 13.6. The van der Waals surface area contributed by atoms with Gasteiger partial charge in [-0.3, -0.25) is 4.79 Å². The highest BCUT2D eigenvalue weighted by Gasteiger charge is 2.09. The largest absolute Gasteiger partial charge is 0.461 e. The summed E-state index contributed by atoms with van der Waals surface area (Å²) in [5.41, 5.74) is 6.95. The molecule has 0 aliphatic rings. The highest BCUT2D eigenvalue weighted by Crippen LogP contribution is 2.13. The van der Waals surface area contributed by atoms with Gasteiger partial charge in [-0.05, 0) is 23.3 Å². The van der Waals surface area contributed by atoms with Gasteiger partial charge in [-0.25, -0.2) is 4.39 Å². The molecule has 0 aromatic heterocycles. The molecule has 0 unspecified atom stereocenters. The van der Waals surface area contributed by atoms with Gasteiger partial charge in [0.05, 0.1) is 6.42 Å². The molecule has 0 aliphatic heterocycles. The molecule has 2 aromatic carbocycles. The smallest absolute Gasteiger partial charge is 0.310 e. The number of nitrogens with two attached hydrogens (primary N) is 1. The highest BCUT2D eigenvalue weighted by molar-refractivity contribution is 5.72. The molecule has 0 saturated carbocycles. The predicted octanol–water partition coefficient (Wildman–Crippen LogP) is 2.69. The van der Waals surface area contributed by atoms with Gasteiger partial charge in [0.2, 0.25) is 0 Å². The van der Waals surface area contributed by atoms with Crippen LogP contribution >= 0.6 is 0 Å². The zero-order chi connectivity index (χ0) is 13.7. The molecule has 0 radical (unpaired) electrons. The van der Waals surface area contributed by atoms with Crippen molar-refractivity contribution in [3.05, 3.63) is 65.5 Å². The zero-order valence-corrected chi connectivity index (χ0v) is 10.3. The number of esters is 1. The van der Waals surface area contributed by atoms with Gasteiger partial charge in [0.1, 0.15) is 12.4 Å². The summed E-state index contributed by atoms with van der Waals surface area (Å²) in [4.78, 5) is 11.6. The highest BCUT2D eigenvalue weighted by atomic mass is 19.1. The van der Waals surface area contributed by atoms with E-state index >= 15 is 0 Å². The summed E-state index contributed by atoms with van der Waals surface area (Å²) in [6.45, 7) is 0.191. The van der Waals surface area contributed by atoms with Crippen molar-refractivity contribution in [1.29, 1.82) is 0 Å². The van der Waals surface area contributed by atoms with E-state index in [2.05, 4.69) is 0 Å². The van der Waals surface area contributed by atoms with Gasteiger partial charge in [-0.15, -0.1) is 0 Å². The first-order valence-electron chi connectivity index (χ1n) is 5.88. The lowest BCUT2D eigenvalue weighted by Crippen LogP contribution is -2.09. The standard InChI is InChI=1S/C15H14FNO2/c16-14-9-13(17)7-6-12(14)8-15(18)19-10-11-4-2-1-3-5-11/h1-7,9H,8,10,17H2. The van der Waals surface area contributed by atoms with Gasteiger partial charge in [0.15, 0.2) is 0 Å². The van der Waals surface area contributed by atoms with Crippen LogP contribution in [0.5, 0.6) is 0 Å². The summed E-state index contributed by atoms with van der Waals surface area (Å²) in [5.74, 6) is -0.954. The van der Waals surface area contributed by atoms with Crippen LogP contribution in [-0.4, -0.2) is 5.97 Å². The lowest BCUT2D eigenvalue weighted by Gasteiger charge is -2.06.